The fourth-order valence-corrected chi connectivity index (χ4v) is 1.89. The Bertz CT molecular complexity index is 352. The zero-order valence-corrected chi connectivity index (χ0v) is 11.7. The second kappa shape index (κ2) is 7.85. The van der Waals surface area contributed by atoms with E-state index in [0.717, 1.165) is 24.5 Å². The molecule has 0 aromatic heterocycles. The van der Waals surface area contributed by atoms with Crippen molar-refractivity contribution in [3.8, 4) is 11.5 Å². The number of nitrogen functional groups attached to an aromatic ring is 1. The molecule has 0 radical (unpaired) electrons. The van der Waals surface area contributed by atoms with Crippen molar-refractivity contribution < 1.29 is 9.47 Å². The van der Waals surface area contributed by atoms with E-state index < -0.39 is 0 Å². The third-order valence-corrected chi connectivity index (χ3v) is 3.23. The highest BCUT2D eigenvalue weighted by Gasteiger charge is 2.08. The lowest BCUT2D eigenvalue weighted by Gasteiger charge is -2.16. The van der Waals surface area contributed by atoms with Crippen molar-refractivity contribution >= 4 is 5.69 Å². The van der Waals surface area contributed by atoms with Gasteiger partial charge in [0.15, 0.2) is 0 Å². The molecule has 0 saturated heterocycles. The number of hydrogen-bond donors (Lipinski definition) is 1. The van der Waals surface area contributed by atoms with Crippen LogP contribution in [0.4, 0.5) is 5.69 Å². The minimum absolute atomic E-state index is 0.617. The van der Waals surface area contributed by atoms with Gasteiger partial charge in [0, 0.05) is 6.07 Å². The maximum absolute atomic E-state index is 5.92. The number of anilines is 1. The van der Waals surface area contributed by atoms with Gasteiger partial charge in [0.05, 0.1) is 19.4 Å². The molecule has 0 amide bonds. The Kier molecular flexibility index (Phi) is 6.40. The smallest absolute Gasteiger partial charge is 0.142 e. The van der Waals surface area contributed by atoms with E-state index in [4.69, 9.17) is 15.2 Å². The van der Waals surface area contributed by atoms with Crippen molar-refractivity contribution in [1.29, 1.82) is 0 Å². The summed E-state index contributed by atoms with van der Waals surface area (Å²) in [6, 6.07) is 5.54. The molecule has 0 aliphatic heterocycles. The van der Waals surface area contributed by atoms with E-state index in [1.165, 1.54) is 19.3 Å². The maximum Gasteiger partial charge on any atom is 0.142 e. The SMILES string of the molecule is CCCCC(CC)COc1ccc(OC)cc1N. The van der Waals surface area contributed by atoms with Crippen molar-refractivity contribution in [3.05, 3.63) is 18.2 Å². The van der Waals surface area contributed by atoms with Crippen LogP contribution in [0, 0.1) is 5.92 Å². The number of nitrogens with two attached hydrogens (primary N) is 1. The molecule has 102 valence electrons. The molecule has 0 heterocycles. The summed E-state index contributed by atoms with van der Waals surface area (Å²) >= 11 is 0. The lowest BCUT2D eigenvalue weighted by Crippen LogP contribution is -2.12. The third-order valence-electron chi connectivity index (χ3n) is 3.23. The van der Waals surface area contributed by atoms with Crippen molar-refractivity contribution in [1.82, 2.24) is 0 Å². The molecule has 2 N–H and O–H groups in total. The van der Waals surface area contributed by atoms with Crippen LogP contribution in [0.15, 0.2) is 18.2 Å². The normalized spacial score (nSPS) is 12.2. The summed E-state index contributed by atoms with van der Waals surface area (Å²) in [5.41, 5.74) is 6.56. The molecule has 1 atom stereocenters. The fraction of sp³-hybridized carbons (Fsp3) is 0.600. The van der Waals surface area contributed by atoms with E-state index in [-0.39, 0.29) is 0 Å². The van der Waals surface area contributed by atoms with Crippen LogP contribution >= 0.6 is 0 Å². The third kappa shape index (κ3) is 4.47. The molecule has 0 aliphatic carbocycles. The van der Waals surface area contributed by atoms with Crippen LogP contribution in [-0.2, 0) is 0 Å². The Labute approximate surface area is 110 Å². The van der Waals surface area contributed by atoms with Gasteiger partial charge in [-0.05, 0) is 24.5 Å². The Morgan fingerprint density at radius 3 is 2.61 bits per heavy atom. The molecule has 18 heavy (non-hydrogen) atoms. The minimum atomic E-state index is 0.617. The van der Waals surface area contributed by atoms with E-state index in [1.54, 1.807) is 13.2 Å². The zero-order valence-electron chi connectivity index (χ0n) is 11.7. The molecule has 0 aliphatic rings. The lowest BCUT2D eigenvalue weighted by molar-refractivity contribution is 0.234. The largest absolute Gasteiger partial charge is 0.497 e. The molecule has 0 saturated carbocycles. The minimum Gasteiger partial charge on any atom is -0.497 e. The van der Waals surface area contributed by atoms with Gasteiger partial charge in [-0.25, -0.2) is 0 Å². The first kappa shape index (κ1) is 14.7. The first-order valence-electron chi connectivity index (χ1n) is 6.77. The van der Waals surface area contributed by atoms with Crippen LogP contribution in [0.5, 0.6) is 11.5 Å². The van der Waals surface area contributed by atoms with E-state index in [0.29, 0.717) is 11.6 Å². The van der Waals surface area contributed by atoms with Crippen LogP contribution in [0.1, 0.15) is 39.5 Å². The number of methoxy groups -OCH3 is 1. The lowest BCUT2D eigenvalue weighted by atomic mass is 10.0. The van der Waals surface area contributed by atoms with Crippen molar-refractivity contribution in [3.63, 3.8) is 0 Å². The Hall–Kier alpha value is -1.38. The highest BCUT2D eigenvalue weighted by molar-refractivity contribution is 5.56. The monoisotopic (exact) mass is 251 g/mol. The van der Waals surface area contributed by atoms with Gasteiger partial charge in [0.25, 0.3) is 0 Å². The Morgan fingerprint density at radius 2 is 2.06 bits per heavy atom. The van der Waals surface area contributed by atoms with Gasteiger partial charge < -0.3 is 15.2 Å². The quantitative estimate of drug-likeness (QED) is 0.713. The first-order chi connectivity index (χ1) is 8.71. The number of unbranched alkanes of at least 4 members (excludes halogenated alkanes) is 1. The molecule has 0 fully saturated rings. The average molecular weight is 251 g/mol. The van der Waals surface area contributed by atoms with Crippen LogP contribution in [0.3, 0.4) is 0 Å². The zero-order chi connectivity index (χ0) is 13.4. The summed E-state index contributed by atoms with van der Waals surface area (Å²) in [6.07, 6.45) is 4.88. The van der Waals surface area contributed by atoms with E-state index in [9.17, 15) is 0 Å². The highest BCUT2D eigenvalue weighted by Crippen LogP contribution is 2.27. The summed E-state index contributed by atoms with van der Waals surface area (Å²) in [5.74, 6) is 2.13. The molecular weight excluding hydrogens is 226 g/mol. The van der Waals surface area contributed by atoms with Crippen LogP contribution < -0.4 is 15.2 Å². The molecule has 0 bridgehead atoms. The molecule has 3 nitrogen and oxygen atoms in total. The standard InChI is InChI=1S/C15H25NO2/c1-4-6-7-12(5-2)11-18-15-9-8-13(17-3)10-14(15)16/h8-10,12H,4-7,11,16H2,1-3H3. The van der Waals surface area contributed by atoms with Gasteiger partial charge in [-0.15, -0.1) is 0 Å². The predicted octanol–water partition coefficient (Wildman–Crippen LogP) is 3.87. The summed E-state index contributed by atoms with van der Waals surface area (Å²) in [7, 11) is 1.63. The van der Waals surface area contributed by atoms with E-state index in [2.05, 4.69) is 13.8 Å². The van der Waals surface area contributed by atoms with E-state index in [1.807, 2.05) is 12.1 Å². The molecular formula is C15H25NO2. The van der Waals surface area contributed by atoms with Gasteiger partial charge in [0.1, 0.15) is 11.5 Å². The number of ether oxygens (including phenoxy) is 2. The van der Waals surface area contributed by atoms with Crippen molar-refractivity contribution in [2.24, 2.45) is 5.92 Å². The van der Waals surface area contributed by atoms with Gasteiger partial charge in [-0.1, -0.05) is 33.1 Å². The van der Waals surface area contributed by atoms with Crippen LogP contribution in [0.2, 0.25) is 0 Å². The first-order valence-corrected chi connectivity index (χ1v) is 6.77. The summed E-state index contributed by atoms with van der Waals surface area (Å²) in [5, 5.41) is 0. The topological polar surface area (TPSA) is 44.5 Å². The van der Waals surface area contributed by atoms with Gasteiger partial charge in [0.2, 0.25) is 0 Å². The highest BCUT2D eigenvalue weighted by atomic mass is 16.5. The number of rotatable bonds is 8. The number of hydrogen-bond acceptors (Lipinski definition) is 3. The van der Waals surface area contributed by atoms with Crippen molar-refractivity contribution in [2.45, 2.75) is 39.5 Å². The molecule has 1 aromatic carbocycles. The summed E-state index contributed by atoms with van der Waals surface area (Å²) < 4.78 is 10.9. The molecule has 0 spiro atoms. The Morgan fingerprint density at radius 1 is 1.28 bits per heavy atom. The molecule has 1 rings (SSSR count). The van der Waals surface area contributed by atoms with Gasteiger partial charge in [-0.2, -0.15) is 0 Å². The van der Waals surface area contributed by atoms with Crippen LogP contribution in [0.25, 0.3) is 0 Å². The second-order valence-corrected chi connectivity index (χ2v) is 4.63. The summed E-state index contributed by atoms with van der Waals surface area (Å²) in [4.78, 5) is 0. The maximum atomic E-state index is 5.92. The van der Waals surface area contributed by atoms with E-state index >= 15 is 0 Å². The van der Waals surface area contributed by atoms with Crippen molar-refractivity contribution in [2.75, 3.05) is 19.5 Å². The Balaban J connectivity index is 2.51. The second-order valence-electron chi connectivity index (χ2n) is 4.63. The average Bonchev–Trinajstić information content (AvgIpc) is 2.40. The molecule has 1 unspecified atom stereocenters. The van der Waals surface area contributed by atoms with Gasteiger partial charge >= 0.3 is 0 Å². The summed E-state index contributed by atoms with van der Waals surface area (Å²) in [6.45, 7) is 5.17. The molecule has 1 aromatic rings. The number of benzene rings is 1. The van der Waals surface area contributed by atoms with Crippen LogP contribution in [-0.4, -0.2) is 13.7 Å². The van der Waals surface area contributed by atoms with Gasteiger partial charge in [-0.3, -0.25) is 0 Å². The fourth-order valence-electron chi connectivity index (χ4n) is 1.89. The predicted molar refractivity (Wildman–Crippen MR) is 76.2 cm³/mol. The molecule has 3 heteroatoms.